The molecule has 3 rings (SSSR count). The fourth-order valence-corrected chi connectivity index (χ4v) is 4.37. The predicted octanol–water partition coefficient (Wildman–Crippen LogP) is 4.33. The fraction of sp³-hybridized carbons (Fsp3) is 0.300. The number of ketones is 1. The summed E-state index contributed by atoms with van der Waals surface area (Å²) in [5.74, 6) is -1.50. The van der Waals surface area contributed by atoms with Gasteiger partial charge in [-0.25, -0.2) is 14.4 Å². The minimum Gasteiger partial charge on any atom is -0.379 e. The lowest BCUT2D eigenvalue weighted by Gasteiger charge is -2.32. The molecule has 9 heteroatoms. The number of nitrogens with zero attached hydrogens (tertiary/aromatic N) is 3. The summed E-state index contributed by atoms with van der Waals surface area (Å²) in [6.45, 7) is 3.99. The minimum atomic E-state index is -1.97. The molecule has 1 aliphatic rings. The molecule has 2 aromatic heterocycles. The molecule has 0 unspecified atom stereocenters. The van der Waals surface area contributed by atoms with Crippen LogP contribution in [0.2, 0.25) is 0 Å². The molecule has 2 N–H and O–H groups in total. The Morgan fingerprint density at radius 1 is 1.38 bits per heavy atom. The molecule has 0 amide bonds. The zero-order valence-electron chi connectivity index (χ0n) is 15.8. The van der Waals surface area contributed by atoms with Crippen LogP contribution in [0.25, 0.3) is 6.08 Å². The van der Waals surface area contributed by atoms with Crippen molar-refractivity contribution in [1.82, 2.24) is 9.97 Å². The van der Waals surface area contributed by atoms with Gasteiger partial charge < -0.3 is 5.73 Å². The van der Waals surface area contributed by atoms with Crippen LogP contribution in [-0.2, 0) is 12.0 Å². The first-order valence-corrected chi connectivity index (χ1v) is 9.73. The topological polar surface area (TPSA) is 81.2 Å². The van der Waals surface area contributed by atoms with E-state index in [1.54, 1.807) is 18.3 Å². The molecule has 2 atom stereocenters. The molecule has 0 radical (unpaired) electrons. The van der Waals surface area contributed by atoms with Crippen LogP contribution in [0, 0.1) is 5.82 Å². The second kappa shape index (κ2) is 8.36. The molecule has 1 aliphatic heterocycles. The van der Waals surface area contributed by atoms with Gasteiger partial charge in [-0.05, 0) is 37.1 Å². The minimum absolute atomic E-state index is 0.105. The molecule has 3 heterocycles. The Balaban J connectivity index is 1.83. The molecular formula is C20H19F3N4OS. The normalized spacial score (nSPS) is 21.4. The lowest BCUT2D eigenvalue weighted by atomic mass is 9.90. The number of carbonyl (C=O) groups excluding carboxylic acids is 1. The average molecular weight is 420 g/mol. The maximum atomic E-state index is 14.2. The van der Waals surface area contributed by atoms with Gasteiger partial charge in [0.25, 0.3) is 6.08 Å². The van der Waals surface area contributed by atoms with E-state index >= 15 is 0 Å². The van der Waals surface area contributed by atoms with E-state index in [-0.39, 0.29) is 17.2 Å². The number of Topliss-reactive ketones (excluding diaryl/α,β-unsaturated/α-hetero) is 1. The van der Waals surface area contributed by atoms with Gasteiger partial charge in [-0.3, -0.25) is 9.78 Å². The maximum absolute atomic E-state index is 14.2. The molecule has 152 valence electrons. The van der Waals surface area contributed by atoms with Crippen molar-refractivity contribution in [3.05, 3.63) is 65.0 Å². The number of hydrogen-bond donors (Lipinski definition) is 1. The lowest BCUT2D eigenvalue weighted by Crippen LogP contribution is -2.33. The summed E-state index contributed by atoms with van der Waals surface area (Å²) in [5.41, 5.74) is 6.10. The number of rotatable bonds is 5. The number of nitrogens with two attached hydrogens (primary N) is 1. The van der Waals surface area contributed by atoms with E-state index in [1.807, 2.05) is 6.92 Å². The van der Waals surface area contributed by atoms with Gasteiger partial charge in [-0.1, -0.05) is 18.7 Å². The Labute approximate surface area is 170 Å². The van der Waals surface area contributed by atoms with E-state index in [9.17, 15) is 18.0 Å². The monoisotopic (exact) mass is 420 g/mol. The van der Waals surface area contributed by atoms with Crippen LogP contribution < -0.4 is 5.73 Å². The Bertz CT molecular complexity index is 1010. The van der Waals surface area contributed by atoms with Crippen LogP contribution in [0.5, 0.6) is 0 Å². The molecule has 5 nitrogen and oxygen atoms in total. The summed E-state index contributed by atoms with van der Waals surface area (Å²) in [7, 11) is 0. The first kappa shape index (κ1) is 21.0. The second-order valence-corrected chi connectivity index (χ2v) is 8.50. The quantitative estimate of drug-likeness (QED) is 0.728. The average Bonchev–Trinajstić information content (AvgIpc) is 2.60. The number of aliphatic imine (C=N–C) groups is 1. The van der Waals surface area contributed by atoms with E-state index < -0.39 is 28.9 Å². The molecule has 0 saturated heterocycles. The zero-order chi connectivity index (χ0) is 21.2. The van der Waals surface area contributed by atoms with Crippen molar-refractivity contribution in [1.29, 1.82) is 0 Å². The number of hydrogen-bond acceptors (Lipinski definition) is 6. The zero-order valence-corrected chi connectivity index (χ0v) is 16.6. The fourth-order valence-electron chi connectivity index (χ4n) is 3.30. The van der Waals surface area contributed by atoms with Gasteiger partial charge in [0, 0.05) is 35.7 Å². The second-order valence-electron chi connectivity index (χ2n) is 7.04. The summed E-state index contributed by atoms with van der Waals surface area (Å²) < 4.78 is 38.7. The molecule has 0 aliphatic carbocycles. The van der Waals surface area contributed by atoms with Crippen LogP contribution in [0.15, 0.2) is 41.7 Å². The standard InChI is InChI=1S/C20H19F3N4OS/c1-11-9-20(2,27-19(24)29-11)16-7-12(3-4-25-16)6-15(28)18-14(21)5-13(10-26-18)8-17(22)23/h3-5,7-8,10-11H,6,9H2,1-2H3,(H2,24,27)/t11-,20+/m1/s1. The molecule has 0 saturated carbocycles. The van der Waals surface area contributed by atoms with E-state index in [2.05, 4.69) is 21.9 Å². The lowest BCUT2D eigenvalue weighted by molar-refractivity contribution is 0.0984. The van der Waals surface area contributed by atoms with Crippen LogP contribution in [0.3, 0.4) is 0 Å². The van der Waals surface area contributed by atoms with E-state index in [1.165, 1.54) is 11.8 Å². The molecule has 0 fully saturated rings. The maximum Gasteiger partial charge on any atom is 0.270 e. The van der Waals surface area contributed by atoms with E-state index in [4.69, 9.17) is 5.73 Å². The molecule has 0 spiro atoms. The first-order chi connectivity index (χ1) is 13.7. The van der Waals surface area contributed by atoms with Gasteiger partial charge in [0.1, 0.15) is 11.2 Å². The molecule has 0 bridgehead atoms. The van der Waals surface area contributed by atoms with Gasteiger partial charge >= 0.3 is 0 Å². The van der Waals surface area contributed by atoms with Crippen molar-refractivity contribution < 1.29 is 18.0 Å². The molecule has 0 aromatic carbocycles. The van der Waals surface area contributed by atoms with Gasteiger partial charge in [0.05, 0.1) is 5.69 Å². The van der Waals surface area contributed by atoms with Crippen molar-refractivity contribution in [2.75, 3.05) is 0 Å². The largest absolute Gasteiger partial charge is 0.379 e. The number of aromatic nitrogens is 2. The smallest absolute Gasteiger partial charge is 0.270 e. The summed E-state index contributed by atoms with van der Waals surface area (Å²) in [6, 6.07) is 4.27. The van der Waals surface area contributed by atoms with Crippen LogP contribution >= 0.6 is 11.8 Å². The van der Waals surface area contributed by atoms with Gasteiger partial charge in [0.15, 0.2) is 16.8 Å². The number of carbonyl (C=O) groups is 1. The SMILES string of the molecule is C[C@@H]1C[C@@](C)(c2cc(CC(=O)c3ncc(C=C(F)F)cc3F)ccn2)N=C(N)S1. The summed E-state index contributed by atoms with van der Waals surface area (Å²) in [6.07, 6.45) is 1.75. The van der Waals surface area contributed by atoms with Crippen molar-refractivity contribution >= 4 is 28.8 Å². The molecular weight excluding hydrogens is 401 g/mol. The third-order valence-electron chi connectivity index (χ3n) is 4.51. The highest BCUT2D eigenvalue weighted by atomic mass is 32.2. The van der Waals surface area contributed by atoms with Crippen molar-refractivity contribution in [3.63, 3.8) is 0 Å². The van der Waals surface area contributed by atoms with Crippen molar-refractivity contribution in [2.24, 2.45) is 10.7 Å². The van der Waals surface area contributed by atoms with Gasteiger partial charge in [-0.15, -0.1) is 0 Å². The number of thioether (sulfide) groups is 1. The number of amidine groups is 1. The van der Waals surface area contributed by atoms with Crippen LogP contribution in [0.4, 0.5) is 13.2 Å². The third kappa shape index (κ3) is 5.03. The predicted molar refractivity (Wildman–Crippen MR) is 107 cm³/mol. The Morgan fingerprint density at radius 3 is 2.79 bits per heavy atom. The first-order valence-electron chi connectivity index (χ1n) is 8.85. The van der Waals surface area contributed by atoms with Crippen LogP contribution in [0.1, 0.15) is 47.6 Å². The summed E-state index contributed by atoms with van der Waals surface area (Å²) in [4.78, 5) is 25.1. The Morgan fingerprint density at radius 2 is 2.14 bits per heavy atom. The summed E-state index contributed by atoms with van der Waals surface area (Å²) in [5, 5.41) is 0.754. The van der Waals surface area contributed by atoms with E-state index in [0.29, 0.717) is 22.5 Å². The summed E-state index contributed by atoms with van der Waals surface area (Å²) >= 11 is 1.50. The third-order valence-corrected chi connectivity index (χ3v) is 5.41. The number of pyridine rings is 2. The molecule has 2 aromatic rings. The Kier molecular flexibility index (Phi) is 6.07. The highest BCUT2D eigenvalue weighted by molar-refractivity contribution is 8.14. The van der Waals surface area contributed by atoms with Crippen LogP contribution in [-0.4, -0.2) is 26.2 Å². The van der Waals surface area contributed by atoms with Crippen molar-refractivity contribution in [3.8, 4) is 0 Å². The highest BCUT2D eigenvalue weighted by Gasteiger charge is 2.34. The van der Waals surface area contributed by atoms with Gasteiger partial charge in [-0.2, -0.15) is 8.78 Å². The number of halogens is 3. The van der Waals surface area contributed by atoms with E-state index in [0.717, 1.165) is 18.7 Å². The Hall–Kier alpha value is -2.68. The van der Waals surface area contributed by atoms with Crippen molar-refractivity contribution in [2.45, 2.75) is 37.5 Å². The highest BCUT2D eigenvalue weighted by Crippen LogP contribution is 2.38. The van der Waals surface area contributed by atoms with Gasteiger partial charge in [0.2, 0.25) is 0 Å². The molecule has 29 heavy (non-hydrogen) atoms.